The van der Waals surface area contributed by atoms with Crippen LogP contribution in [0.1, 0.15) is 64.9 Å². The van der Waals surface area contributed by atoms with Crippen LogP contribution in [0, 0.1) is 0 Å². The molecule has 0 N–H and O–H groups in total. The van der Waals surface area contributed by atoms with E-state index in [1.54, 1.807) is 0 Å². The van der Waals surface area contributed by atoms with E-state index in [0.29, 0.717) is 12.8 Å². The summed E-state index contributed by atoms with van der Waals surface area (Å²) in [4.78, 5) is 29.1. The van der Waals surface area contributed by atoms with Gasteiger partial charge < -0.3 is 9.80 Å². The van der Waals surface area contributed by atoms with Crippen LogP contribution in [0.4, 0.5) is 11.4 Å². The molecule has 2 aliphatic heterocycles. The van der Waals surface area contributed by atoms with Gasteiger partial charge in [-0.15, -0.1) is 0 Å². The van der Waals surface area contributed by atoms with Crippen molar-refractivity contribution >= 4 is 23.2 Å². The maximum Gasteiger partial charge on any atom is 0.226 e. The van der Waals surface area contributed by atoms with Gasteiger partial charge in [0.15, 0.2) is 0 Å². The molecule has 0 atom stereocenters. The molecule has 0 radical (unpaired) electrons. The zero-order valence-electron chi connectivity index (χ0n) is 18.4. The van der Waals surface area contributed by atoms with Crippen LogP contribution in [-0.4, -0.2) is 24.9 Å². The van der Waals surface area contributed by atoms with Crippen LogP contribution in [0.3, 0.4) is 0 Å². The van der Waals surface area contributed by atoms with Crippen LogP contribution in [0.2, 0.25) is 0 Å². The summed E-state index contributed by atoms with van der Waals surface area (Å²) in [5.74, 6) is 0.358. The third-order valence-corrected chi connectivity index (χ3v) is 6.22. The number of benzene rings is 2. The largest absolute Gasteiger partial charge is 0.312 e. The summed E-state index contributed by atoms with van der Waals surface area (Å²) in [6.45, 7) is 8.16. The van der Waals surface area contributed by atoms with E-state index in [0.717, 1.165) is 55.7 Å². The molecule has 2 aromatic carbocycles. The molecule has 2 heterocycles. The topological polar surface area (TPSA) is 40.6 Å². The van der Waals surface area contributed by atoms with Crippen molar-refractivity contribution in [3.63, 3.8) is 0 Å². The second-order valence-electron chi connectivity index (χ2n) is 9.54. The molecule has 4 heteroatoms. The summed E-state index contributed by atoms with van der Waals surface area (Å²) in [6, 6.07) is 14.8. The summed E-state index contributed by atoms with van der Waals surface area (Å²) in [7, 11) is 0. The average molecular weight is 405 g/mol. The minimum atomic E-state index is -0.00531. The van der Waals surface area contributed by atoms with Crippen molar-refractivity contribution in [1.29, 1.82) is 0 Å². The van der Waals surface area contributed by atoms with E-state index >= 15 is 0 Å². The van der Waals surface area contributed by atoms with Crippen LogP contribution in [0.15, 0.2) is 42.5 Å². The fourth-order valence-corrected chi connectivity index (χ4v) is 4.61. The van der Waals surface area contributed by atoms with Gasteiger partial charge >= 0.3 is 0 Å². The lowest BCUT2D eigenvalue weighted by molar-refractivity contribution is -0.120. The fraction of sp³-hybridized carbons (Fsp3) is 0.462. The number of hydrogen-bond donors (Lipinski definition) is 0. The number of nitrogens with zero attached hydrogens (tertiary/aromatic N) is 2. The van der Waals surface area contributed by atoms with Crippen molar-refractivity contribution in [3.05, 3.63) is 48.0 Å². The highest BCUT2D eigenvalue weighted by Gasteiger charge is 2.26. The maximum absolute atomic E-state index is 12.7. The van der Waals surface area contributed by atoms with Crippen molar-refractivity contribution in [2.24, 2.45) is 0 Å². The standard InChI is InChI=1S/C26H32N2O2/c1-26(2,3)23-11-5-4-10-22(23)19-16-20(27-14-8-6-12-24(27)29)18-21(17-19)28-15-9-7-13-25(28)30/h4-5,10-11,16-18H,6-9,12-15H2,1-3H3. The molecule has 2 amide bonds. The van der Waals surface area contributed by atoms with Gasteiger partial charge in [-0.2, -0.15) is 0 Å². The van der Waals surface area contributed by atoms with Crippen LogP contribution < -0.4 is 9.80 Å². The second kappa shape index (κ2) is 8.25. The minimum absolute atomic E-state index is 0.00531. The van der Waals surface area contributed by atoms with Crippen LogP contribution in [0.5, 0.6) is 0 Å². The van der Waals surface area contributed by atoms with Gasteiger partial charge in [0.1, 0.15) is 0 Å². The molecule has 2 saturated heterocycles. The molecule has 0 unspecified atom stereocenters. The van der Waals surface area contributed by atoms with E-state index in [-0.39, 0.29) is 17.2 Å². The van der Waals surface area contributed by atoms with Crippen molar-refractivity contribution in [3.8, 4) is 11.1 Å². The lowest BCUT2D eigenvalue weighted by Crippen LogP contribution is -2.37. The monoisotopic (exact) mass is 404 g/mol. The Hall–Kier alpha value is -2.62. The van der Waals surface area contributed by atoms with Gasteiger partial charge in [0.05, 0.1) is 0 Å². The van der Waals surface area contributed by atoms with E-state index in [2.05, 4.69) is 57.2 Å². The van der Waals surface area contributed by atoms with Gasteiger partial charge in [-0.05, 0) is 66.0 Å². The molecule has 158 valence electrons. The van der Waals surface area contributed by atoms with Gasteiger partial charge in [0, 0.05) is 37.3 Å². The van der Waals surface area contributed by atoms with Crippen molar-refractivity contribution in [2.75, 3.05) is 22.9 Å². The third-order valence-electron chi connectivity index (χ3n) is 6.22. The van der Waals surface area contributed by atoms with E-state index in [9.17, 15) is 9.59 Å². The molecule has 2 fully saturated rings. The number of amides is 2. The first kappa shape index (κ1) is 20.6. The van der Waals surface area contributed by atoms with Crippen molar-refractivity contribution in [2.45, 2.75) is 64.7 Å². The lowest BCUT2D eigenvalue weighted by atomic mass is 9.81. The molecule has 4 nitrogen and oxygen atoms in total. The molecule has 2 aromatic rings. The second-order valence-corrected chi connectivity index (χ2v) is 9.54. The summed E-state index contributed by atoms with van der Waals surface area (Å²) in [6.07, 6.45) is 5.15. The molecular weight excluding hydrogens is 372 g/mol. The molecule has 4 rings (SSSR count). The zero-order valence-corrected chi connectivity index (χ0v) is 18.4. The first-order chi connectivity index (χ1) is 14.3. The molecule has 30 heavy (non-hydrogen) atoms. The molecule has 0 saturated carbocycles. The number of anilines is 2. The number of carbonyl (C=O) groups excluding carboxylic acids is 2. The molecule has 0 aliphatic carbocycles. The summed E-state index contributed by atoms with van der Waals surface area (Å²) >= 11 is 0. The number of rotatable bonds is 3. The molecule has 2 aliphatic rings. The van der Waals surface area contributed by atoms with Gasteiger partial charge in [0.25, 0.3) is 0 Å². The van der Waals surface area contributed by atoms with E-state index in [1.807, 2.05) is 15.9 Å². The van der Waals surface area contributed by atoms with Crippen LogP contribution in [-0.2, 0) is 15.0 Å². The summed E-state index contributed by atoms with van der Waals surface area (Å²) in [5.41, 5.74) is 5.33. The Balaban J connectivity index is 1.86. The Morgan fingerprint density at radius 3 is 1.77 bits per heavy atom. The Morgan fingerprint density at radius 1 is 0.733 bits per heavy atom. The first-order valence-electron chi connectivity index (χ1n) is 11.2. The average Bonchev–Trinajstić information content (AvgIpc) is 2.73. The van der Waals surface area contributed by atoms with Gasteiger partial charge in [-0.25, -0.2) is 0 Å². The maximum atomic E-state index is 12.7. The molecule has 0 aromatic heterocycles. The van der Waals surface area contributed by atoms with Crippen LogP contribution >= 0.6 is 0 Å². The molecular formula is C26H32N2O2. The normalized spacial score (nSPS) is 18.1. The van der Waals surface area contributed by atoms with E-state index in [1.165, 1.54) is 11.1 Å². The predicted molar refractivity (Wildman–Crippen MR) is 123 cm³/mol. The van der Waals surface area contributed by atoms with Crippen molar-refractivity contribution in [1.82, 2.24) is 0 Å². The van der Waals surface area contributed by atoms with Gasteiger partial charge in [-0.1, -0.05) is 45.0 Å². The Kier molecular flexibility index (Phi) is 5.68. The zero-order chi connectivity index (χ0) is 21.3. The summed E-state index contributed by atoms with van der Waals surface area (Å²) < 4.78 is 0. The SMILES string of the molecule is CC(C)(C)c1ccccc1-c1cc(N2CCCCC2=O)cc(N2CCCCC2=O)c1. The first-order valence-corrected chi connectivity index (χ1v) is 11.2. The van der Waals surface area contributed by atoms with Gasteiger partial charge in [0.2, 0.25) is 11.8 Å². The lowest BCUT2D eigenvalue weighted by Gasteiger charge is -2.32. The third kappa shape index (κ3) is 4.14. The van der Waals surface area contributed by atoms with Crippen LogP contribution in [0.25, 0.3) is 11.1 Å². The Labute approximate surface area is 179 Å². The van der Waals surface area contributed by atoms with E-state index < -0.39 is 0 Å². The highest BCUT2D eigenvalue weighted by atomic mass is 16.2. The smallest absolute Gasteiger partial charge is 0.226 e. The quantitative estimate of drug-likeness (QED) is 0.660. The van der Waals surface area contributed by atoms with Crippen molar-refractivity contribution < 1.29 is 9.59 Å². The number of hydrogen-bond acceptors (Lipinski definition) is 2. The Morgan fingerprint density at radius 2 is 1.27 bits per heavy atom. The summed E-state index contributed by atoms with van der Waals surface area (Å²) in [5, 5.41) is 0. The Bertz CT molecular complexity index is 911. The highest BCUT2D eigenvalue weighted by Crippen LogP contribution is 2.38. The van der Waals surface area contributed by atoms with E-state index in [4.69, 9.17) is 0 Å². The number of carbonyl (C=O) groups is 2. The molecule has 0 bridgehead atoms. The highest BCUT2D eigenvalue weighted by molar-refractivity contribution is 5.99. The predicted octanol–water partition coefficient (Wildman–Crippen LogP) is 5.68. The van der Waals surface area contributed by atoms with Gasteiger partial charge in [-0.3, -0.25) is 9.59 Å². The number of piperidine rings is 2. The minimum Gasteiger partial charge on any atom is -0.312 e. The molecule has 0 spiro atoms. The fourth-order valence-electron chi connectivity index (χ4n) is 4.61.